The van der Waals surface area contributed by atoms with E-state index in [1.54, 1.807) is 18.2 Å². The molecule has 1 rings (SSSR count). The number of phenolic OH excluding ortho intramolecular Hbond substituents is 1. The molecule has 1 amide bonds. The van der Waals surface area contributed by atoms with Crippen LogP contribution in [-0.2, 0) is 4.79 Å². The molecule has 1 aromatic carbocycles. The van der Waals surface area contributed by atoms with Gasteiger partial charge in [-0.25, -0.2) is 0 Å². The highest BCUT2D eigenvalue weighted by Gasteiger charge is 2.08. The Morgan fingerprint density at radius 1 is 1.15 bits per heavy atom. The molecule has 0 heterocycles. The van der Waals surface area contributed by atoms with E-state index in [1.165, 1.54) is 6.07 Å². The van der Waals surface area contributed by atoms with Gasteiger partial charge in [-0.05, 0) is 31.4 Å². The van der Waals surface area contributed by atoms with E-state index in [2.05, 4.69) is 5.32 Å². The summed E-state index contributed by atoms with van der Waals surface area (Å²) in [5.74, 6) is -1.12. The number of benzene rings is 1. The number of para-hydroxylation sites is 1. The quantitative estimate of drug-likeness (QED) is 0.503. The Morgan fingerprint density at radius 3 is 2.55 bits per heavy atom. The summed E-state index contributed by atoms with van der Waals surface area (Å²) in [4.78, 5) is 22.0. The van der Waals surface area contributed by atoms with Gasteiger partial charge in [-0.3, -0.25) is 9.59 Å². The van der Waals surface area contributed by atoms with Gasteiger partial charge < -0.3 is 15.5 Å². The smallest absolute Gasteiger partial charge is 0.303 e. The van der Waals surface area contributed by atoms with E-state index in [0.29, 0.717) is 19.4 Å². The molecule has 1 aromatic rings. The SMILES string of the molecule is O=C(O)CCC/C=C/CCNC(=O)c1ccccc1O. The van der Waals surface area contributed by atoms with Crippen LogP contribution in [0.15, 0.2) is 36.4 Å². The van der Waals surface area contributed by atoms with Crippen LogP contribution < -0.4 is 5.32 Å². The Hall–Kier alpha value is -2.30. The van der Waals surface area contributed by atoms with Crippen LogP contribution in [0.2, 0.25) is 0 Å². The molecule has 20 heavy (non-hydrogen) atoms. The van der Waals surface area contributed by atoms with Crippen molar-refractivity contribution in [2.75, 3.05) is 6.54 Å². The van der Waals surface area contributed by atoms with Crippen molar-refractivity contribution >= 4 is 11.9 Å². The van der Waals surface area contributed by atoms with E-state index in [1.807, 2.05) is 12.2 Å². The molecule has 0 bridgehead atoms. The van der Waals surface area contributed by atoms with E-state index in [0.717, 1.165) is 6.42 Å². The van der Waals surface area contributed by atoms with Crippen LogP contribution in [0.3, 0.4) is 0 Å². The topological polar surface area (TPSA) is 86.6 Å². The highest BCUT2D eigenvalue weighted by molar-refractivity contribution is 5.96. The number of carbonyl (C=O) groups excluding carboxylic acids is 1. The van der Waals surface area contributed by atoms with Gasteiger partial charge in [0, 0.05) is 13.0 Å². The lowest BCUT2D eigenvalue weighted by Crippen LogP contribution is -2.24. The van der Waals surface area contributed by atoms with Crippen LogP contribution in [0.5, 0.6) is 5.75 Å². The third-order valence-electron chi connectivity index (χ3n) is 2.67. The normalized spacial score (nSPS) is 10.6. The number of hydrogen-bond donors (Lipinski definition) is 3. The van der Waals surface area contributed by atoms with Gasteiger partial charge in [0.05, 0.1) is 5.56 Å². The zero-order chi connectivity index (χ0) is 14.8. The molecule has 0 unspecified atom stereocenters. The zero-order valence-corrected chi connectivity index (χ0v) is 11.2. The number of allylic oxidation sites excluding steroid dienone is 1. The number of hydrogen-bond acceptors (Lipinski definition) is 3. The molecule has 0 aliphatic heterocycles. The molecule has 0 saturated heterocycles. The fraction of sp³-hybridized carbons (Fsp3) is 0.333. The van der Waals surface area contributed by atoms with Gasteiger partial charge in [0.1, 0.15) is 5.75 Å². The molecule has 108 valence electrons. The average Bonchev–Trinajstić information content (AvgIpc) is 2.41. The van der Waals surface area contributed by atoms with Crippen molar-refractivity contribution in [3.8, 4) is 5.75 Å². The maximum atomic E-state index is 11.7. The first-order chi connectivity index (χ1) is 9.61. The minimum Gasteiger partial charge on any atom is -0.507 e. The Kier molecular flexibility index (Phi) is 6.89. The van der Waals surface area contributed by atoms with Crippen molar-refractivity contribution in [3.63, 3.8) is 0 Å². The molecule has 0 radical (unpaired) electrons. The van der Waals surface area contributed by atoms with Crippen LogP contribution in [0.25, 0.3) is 0 Å². The van der Waals surface area contributed by atoms with Crippen LogP contribution in [-0.4, -0.2) is 28.6 Å². The third-order valence-corrected chi connectivity index (χ3v) is 2.67. The van der Waals surface area contributed by atoms with E-state index in [-0.39, 0.29) is 23.6 Å². The number of amides is 1. The monoisotopic (exact) mass is 277 g/mol. The van der Waals surface area contributed by atoms with Gasteiger partial charge in [0.25, 0.3) is 5.91 Å². The molecule has 3 N–H and O–H groups in total. The molecule has 0 aliphatic rings. The van der Waals surface area contributed by atoms with Crippen molar-refractivity contribution in [2.24, 2.45) is 0 Å². The Labute approximate surface area is 117 Å². The molecule has 0 spiro atoms. The number of phenols is 1. The molecular weight excluding hydrogens is 258 g/mol. The average molecular weight is 277 g/mol. The van der Waals surface area contributed by atoms with Gasteiger partial charge in [-0.1, -0.05) is 24.3 Å². The minimum absolute atomic E-state index is 0.0331. The lowest BCUT2D eigenvalue weighted by molar-refractivity contribution is -0.137. The Morgan fingerprint density at radius 2 is 1.85 bits per heavy atom. The van der Waals surface area contributed by atoms with Gasteiger partial charge in [-0.2, -0.15) is 0 Å². The van der Waals surface area contributed by atoms with Crippen molar-refractivity contribution in [1.29, 1.82) is 0 Å². The van der Waals surface area contributed by atoms with Gasteiger partial charge >= 0.3 is 5.97 Å². The van der Waals surface area contributed by atoms with E-state index in [4.69, 9.17) is 5.11 Å². The summed E-state index contributed by atoms with van der Waals surface area (Å²) in [7, 11) is 0. The number of carboxylic acids is 1. The highest BCUT2D eigenvalue weighted by atomic mass is 16.4. The maximum Gasteiger partial charge on any atom is 0.303 e. The lowest BCUT2D eigenvalue weighted by atomic mass is 10.2. The first-order valence-corrected chi connectivity index (χ1v) is 6.54. The summed E-state index contributed by atoms with van der Waals surface area (Å²) in [5, 5.41) is 20.7. The predicted molar refractivity (Wildman–Crippen MR) is 75.7 cm³/mol. The van der Waals surface area contributed by atoms with Crippen LogP contribution in [0.1, 0.15) is 36.0 Å². The second-order valence-electron chi connectivity index (χ2n) is 4.32. The van der Waals surface area contributed by atoms with Crippen molar-refractivity contribution < 1.29 is 19.8 Å². The van der Waals surface area contributed by atoms with Crippen LogP contribution >= 0.6 is 0 Å². The molecule has 0 aliphatic carbocycles. The molecule has 5 heteroatoms. The van der Waals surface area contributed by atoms with E-state index < -0.39 is 5.97 Å². The molecule has 5 nitrogen and oxygen atoms in total. The summed E-state index contributed by atoms with van der Waals surface area (Å²) >= 11 is 0. The number of rotatable bonds is 8. The summed E-state index contributed by atoms with van der Waals surface area (Å²) in [6.07, 6.45) is 6.01. The zero-order valence-electron chi connectivity index (χ0n) is 11.2. The second kappa shape index (κ2) is 8.74. The third kappa shape index (κ3) is 6.04. The molecule has 0 saturated carbocycles. The Balaban J connectivity index is 2.18. The molecular formula is C15H19NO4. The summed E-state index contributed by atoms with van der Waals surface area (Å²) < 4.78 is 0. The molecule has 0 fully saturated rings. The fourth-order valence-electron chi connectivity index (χ4n) is 1.64. The fourth-order valence-corrected chi connectivity index (χ4v) is 1.64. The number of aliphatic carboxylic acids is 1. The summed E-state index contributed by atoms with van der Waals surface area (Å²) in [6, 6.07) is 6.38. The summed E-state index contributed by atoms with van der Waals surface area (Å²) in [6.45, 7) is 0.475. The number of nitrogens with one attached hydrogen (secondary N) is 1. The van der Waals surface area contributed by atoms with E-state index >= 15 is 0 Å². The minimum atomic E-state index is -0.784. The van der Waals surface area contributed by atoms with Crippen LogP contribution in [0, 0.1) is 0 Å². The maximum absolute atomic E-state index is 11.7. The standard InChI is InChI=1S/C15H19NO4/c17-13-9-6-5-8-12(13)15(20)16-11-7-3-1-2-4-10-14(18)19/h1,3,5-6,8-9,17H,2,4,7,10-11H2,(H,16,20)(H,18,19)/b3-1+. The predicted octanol–water partition coefficient (Wildman–Crippen LogP) is 2.32. The van der Waals surface area contributed by atoms with Gasteiger partial charge in [-0.15, -0.1) is 0 Å². The lowest BCUT2D eigenvalue weighted by Gasteiger charge is -2.04. The number of carbonyl (C=O) groups is 2. The number of aromatic hydroxyl groups is 1. The van der Waals surface area contributed by atoms with E-state index in [9.17, 15) is 14.7 Å². The highest BCUT2D eigenvalue weighted by Crippen LogP contribution is 2.14. The first kappa shape index (κ1) is 15.8. The summed E-state index contributed by atoms with van der Waals surface area (Å²) in [5.41, 5.74) is 0.262. The van der Waals surface area contributed by atoms with Crippen LogP contribution in [0.4, 0.5) is 0 Å². The van der Waals surface area contributed by atoms with Crippen molar-refractivity contribution in [1.82, 2.24) is 5.32 Å². The van der Waals surface area contributed by atoms with Crippen molar-refractivity contribution in [2.45, 2.75) is 25.7 Å². The number of unbranched alkanes of at least 4 members (excludes halogenated alkanes) is 1. The Bertz CT molecular complexity index is 483. The van der Waals surface area contributed by atoms with Gasteiger partial charge in [0.2, 0.25) is 0 Å². The van der Waals surface area contributed by atoms with Crippen molar-refractivity contribution in [3.05, 3.63) is 42.0 Å². The molecule has 0 atom stereocenters. The van der Waals surface area contributed by atoms with Gasteiger partial charge in [0.15, 0.2) is 0 Å². The largest absolute Gasteiger partial charge is 0.507 e. The second-order valence-corrected chi connectivity index (χ2v) is 4.32. The first-order valence-electron chi connectivity index (χ1n) is 6.54. The molecule has 0 aromatic heterocycles. The number of carboxylic acid groups (broad SMARTS) is 1.